The third-order valence-corrected chi connectivity index (χ3v) is 2.91. The first-order chi connectivity index (χ1) is 9.58. The number of urea groups is 1. The second-order valence-electron chi connectivity index (χ2n) is 4.78. The summed E-state index contributed by atoms with van der Waals surface area (Å²) in [4.78, 5) is 25.9. The molecule has 1 rings (SSSR count). The fourth-order valence-electron chi connectivity index (χ4n) is 1.67. The number of carbonyl (C=O) groups is 2. The van der Waals surface area contributed by atoms with Gasteiger partial charge in [0.2, 0.25) is 0 Å². The summed E-state index contributed by atoms with van der Waals surface area (Å²) in [6, 6.07) is 3.60. The third-order valence-electron chi connectivity index (χ3n) is 2.91. The predicted octanol–water partition coefficient (Wildman–Crippen LogP) is 1.42. The minimum absolute atomic E-state index is 0.131. The summed E-state index contributed by atoms with van der Waals surface area (Å²) < 4.78 is 0. The molecule has 0 aliphatic carbocycles. The van der Waals surface area contributed by atoms with Crippen LogP contribution in [-0.2, 0) is 11.2 Å². The molecule has 0 saturated carbocycles. The highest BCUT2D eigenvalue weighted by Gasteiger charge is 2.07. The summed E-state index contributed by atoms with van der Waals surface area (Å²) in [5.41, 5.74) is 1.12. The van der Waals surface area contributed by atoms with Crippen LogP contribution in [0.3, 0.4) is 0 Å². The second kappa shape index (κ2) is 8.90. The monoisotopic (exact) mass is 279 g/mol. The van der Waals surface area contributed by atoms with Crippen LogP contribution in [0.1, 0.15) is 25.3 Å². The SMILES string of the molecule is CC(CCC(=O)O)CNC(=O)NCCc1ccncc1. The number of rotatable bonds is 8. The van der Waals surface area contributed by atoms with Crippen molar-refractivity contribution in [1.82, 2.24) is 15.6 Å². The Morgan fingerprint density at radius 1 is 1.30 bits per heavy atom. The number of carboxylic acids is 1. The molecule has 20 heavy (non-hydrogen) atoms. The van der Waals surface area contributed by atoms with Crippen LogP contribution in [0.2, 0.25) is 0 Å². The summed E-state index contributed by atoms with van der Waals surface area (Å²) in [7, 11) is 0. The van der Waals surface area contributed by atoms with Gasteiger partial charge in [0.25, 0.3) is 0 Å². The van der Waals surface area contributed by atoms with Gasteiger partial charge in [-0.2, -0.15) is 0 Å². The van der Waals surface area contributed by atoms with Gasteiger partial charge in [0.1, 0.15) is 0 Å². The second-order valence-corrected chi connectivity index (χ2v) is 4.78. The van der Waals surface area contributed by atoms with E-state index in [1.54, 1.807) is 12.4 Å². The number of nitrogens with one attached hydrogen (secondary N) is 2. The molecule has 6 heteroatoms. The van der Waals surface area contributed by atoms with E-state index in [9.17, 15) is 9.59 Å². The Balaban J connectivity index is 2.10. The molecule has 1 atom stereocenters. The van der Waals surface area contributed by atoms with Crippen molar-refractivity contribution < 1.29 is 14.7 Å². The number of aromatic nitrogens is 1. The first-order valence-electron chi connectivity index (χ1n) is 6.70. The van der Waals surface area contributed by atoms with Crippen molar-refractivity contribution in [3.8, 4) is 0 Å². The van der Waals surface area contributed by atoms with Gasteiger partial charge in [-0.25, -0.2) is 4.79 Å². The number of hydrogen-bond donors (Lipinski definition) is 3. The van der Waals surface area contributed by atoms with Gasteiger partial charge in [-0.3, -0.25) is 9.78 Å². The van der Waals surface area contributed by atoms with Gasteiger partial charge in [0.15, 0.2) is 0 Å². The fourth-order valence-corrected chi connectivity index (χ4v) is 1.67. The molecular weight excluding hydrogens is 258 g/mol. The molecule has 0 saturated heterocycles. The zero-order valence-electron chi connectivity index (χ0n) is 11.6. The molecule has 0 bridgehead atoms. The Bertz CT molecular complexity index is 423. The Hall–Kier alpha value is -2.11. The van der Waals surface area contributed by atoms with E-state index in [4.69, 9.17) is 5.11 Å². The summed E-state index contributed by atoms with van der Waals surface area (Å²) in [5.74, 6) is -0.657. The first-order valence-corrected chi connectivity index (χ1v) is 6.70. The van der Waals surface area contributed by atoms with Gasteiger partial charge < -0.3 is 15.7 Å². The summed E-state index contributed by atoms with van der Waals surface area (Å²) >= 11 is 0. The molecule has 1 unspecified atom stereocenters. The highest BCUT2D eigenvalue weighted by atomic mass is 16.4. The molecule has 0 aliphatic rings. The predicted molar refractivity (Wildman–Crippen MR) is 75.4 cm³/mol. The molecule has 1 aromatic rings. The Morgan fingerprint density at radius 2 is 2.00 bits per heavy atom. The van der Waals surface area contributed by atoms with Gasteiger partial charge >= 0.3 is 12.0 Å². The average molecular weight is 279 g/mol. The van der Waals surface area contributed by atoms with E-state index in [1.165, 1.54) is 0 Å². The summed E-state index contributed by atoms with van der Waals surface area (Å²) in [6.07, 6.45) is 4.89. The van der Waals surface area contributed by atoms with E-state index in [-0.39, 0.29) is 18.4 Å². The Morgan fingerprint density at radius 3 is 2.65 bits per heavy atom. The van der Waals surface area contributed by atoms with Crippen molar-refractivity contribution in [2.45, 2.75) is 26.2 Å². The molecule has 0 aliphatic heterocycles. The van der Waals surface area contributed by atoms with E-state index in [2.05, 4.69) is 15.6 Å². The van der Waals surface area contributed by atoms with E-state index < -0.39 is 5.97 Å². The van der Waals surface area contributed by atoms with Gasteiger partial charge in [-0.1, -0.05) is 6.92 Å². The minimum atomic E-state index is -0.807. The van der Waals surface area contributed by atoms with Crippen LogP contribution in [0.5, 0.6) is 0 Å². The van der Waals surface area contributed by atoms with Crippen molar-refractivity contribution in [3.05, 3.63) is 30.1 Å². The third kappa shape index (κ3) is 7.35. The minimum Gasteiger partial charge on any atom is -0.481 e. The number of aliphatic carboxylic acids is 1. The molecule has 1 aromatic heterocycles. The van der Waals surface area contributed by atoms with Gasteiger partial charge in [0, 0.05) is 31.9 Å². The lowest BCUT2D eigenvalue weighted by atomic mass is 10.1. The molecule has 2 amide bonds. The first kappa shape index (κ1) is 15.9. The smallest absolute Gasteiger partial charge is 0.314 e. The van der Waals surface area contributed by atoms with Crippen LogP contribution in [0.25, 0.3) is 0 Å². The lowest BCUT2D eigenvalue weighted by Gasteiger charge is -2.12. The summed E-state index contributed by atoms with van der Waals surface area (Å²) in [5, 5.41) is 14.1. The zero-order valence-corrected chi connectivity index (χ0v) is 11.6. The maximum atomic E-state index is 11.5. The van der Waals surface area contributed by atoms with Crippen molar-refractivity contribution in [1.29, 1.82) is 0 Å². The maximum Gasteiger partial charge on any atom is 0.314 e. The Labute approximate surface area is 118 Å². The lowest BCUT2D eigenvalue weighted by molar-refractivity contribution is -0.137. The van der Waals surface area contributed by atoms with Crippen molar-refractivity contribution in [2.75, 3.05) is 13.1 Å². The largest absolute Gasteiger partial charge is 0.481 e. The van der Waals surface area contributed by atoms with Crippen molar-refractivity contribution >= 4 is 12.0 Å². The normalized spacial score (nSPS) is 11.7. The van der Waals surface area contributed by atoms with Crippen molar-refractivity contribution in [2.24, 2.45) is 5.92 Å². The van der Waals surface area contributed by atoms with Crippen LogP contribution >= 0.6 is 0 Å². The van der Waals surface area contributed by atoms with Crippen molar-refractivity contribution in [3.63, 3.8) is 0 Å². The highest BCUT2D eigenvalue weighted by molar-refractivity contribution is 5.73. The molecule has 0 radical (unpaired) electrons. The molecule has 0 fully saturated rings. The number of amides is 2. The van der Waals surface area contributed by atoms with E-state index in [0.717, 1.165) is 12.0 Å². The lowest BCUT2D eigenvalue weighted by Crippen LogP contribution is -2.38. The van der Waals surface area contributed by atoms with Gasteiger partial charge in [0.05, 0.1) is 0 Å². The van der Waals surface area contributed by atoms with Gasteiger partial charge in [-0.05, 0) is 36.5 Å². The summed E-state index contributed by atoms with van der Waals surface area (Å²) in [6.45, 7) is 2.95. The van der Waals surface area contributed by atoms with Gasteiger partial charge in [-0.15, -0.1) is 0 Å². The van der Waals surface area contributed by atoms with E-state index in [1.807, 2.05) is 19.1 Å². The van der Waals surface area contributed by atoms with Crippen LogP contribution in [0, 0.1) is 5.92 Å². The molecule has 6 nitrogen and oxygen atoms in total. The standard InChI is InChI=1S/C14H21N3O3/c1-11(2-3-13(18)19)10-17-14(20)16-9-6-12-4-7-15-8-5-12/h4-5,7-8,11H,2-3,6,9-10H2,1H3,(H,18,19)(H2,16,17,20). The Kier molecular flexibility index (Phi) is 7.10. The van der Waals surface area contributed by atoms with Crippen LogP contribution in [0.15, 0.2) is 24.5 Å². The molecule has 0 aromatic carbocycles. The topological polar surface area (TPSA) is 91.3 Å². The number of carbonyl (C=O) groups excluding carboxylic acids is 1. The molecular formula is C14H21N3O3. The average Bonchev–Trinajstić information content (AvgIpc) is 2.44. The molecule has 3 N–H and O–H groups in total. The fraction of sp³-hybridized carbons (Fsp3) is 0.500. The number of carboxylic acid groups (broad SMARTS) is 1. The van der Waals surface area contributed by atoms with Crippen LogP contribution < -0.4 is 10.6 Å². The van der Waals surface area contributed by atoms with Crippen LogP contribution in [-0.4, -0.2) is 35.2 Å². The molecule has 110 valence electrons. The van der Waals surface area contributed by atoms with E-state index in [0.29, 0.717) is 19.5 Å². The number of hydrogen-bond acceptors (Lipinski definition) is 3. The number of nitrogens with zero attached hydrogens (tertiary/aromatic N) is 1. The molecule has 1 heterocycles. The zero-order chi connectivity index (χ0) is 14.8. The number of pyridine rings is 1. The maximum absolute atomic E-state index is 11.5. The highest BCUT2D eigenvalue weighted by Crippen LogP contribution is 2.03. The van der Waals surface area contributed by atoms with E-state index >= 15 is 0 Å². The molecule has 0 spiro atoms. The quantitative estimate of drug-likeness (QED) is 0.671. The van der Waals surface area contributed by atoms with Crippen LogP contribution in [0.4, 0.5) is 4.79 Å².